The molecule has 0 amide bonds. The lowest BCUT2D eigenvalue weighted by Crippen LogP contribution is -2.47. The number of morpholine rings is 1. The first-order valence-corrected chi connectivity index (χ1v) is 6.28. The number of rotatable bonds is 4. The second-order valence-electron chi connectivity index (χ2n) is 5.27. The van der Waals surface area contributed by atoms with Crippen LogP contribution in [-0.4, -0.2) is 43.8 Å². The van der Waals surface area contributed by atoms with Crippen LogP contribution in [0.15, 0.2) is 0 Å². The van der Waals surface area contributed by atoms with Gasteiger partial charge in [-0.05, 0) is 44.7 Å². The van der Waals surface area contributed by atoms with Crippen molar-refractivity contribution in [3.05, 3.63) is 0 Å². The van der Waals surface area contributed by atoms with Crippen LogP contribution in [0.3, 0.4) is 0 Å². The van der Waals surface area contributed by atoms with E-state index in [1.165, 1.54) is 32.2 Å². The minimum atomic E-state index is 0.498. The van der Waals surface area contributed by atoms with Crippen molar-refractivity contribution < 1.29 is 4.74 Å². The Morgan fingerprint density at radius 2 is 2.27 bits per heavy atom. The molecule has 1 saturated carbocycles. The summed E-state index contributed by atoms with van der Waals surface area (Å²) in [5.41, 5.74) is 6.37. The van der Waals surface area contributed by atoms with E-state index >= 15 is 0 Å². The van der Waals surface area contributed by atoms with Gasteiger partial charge in [-0.15, -0.1) is 0 Å². The van der Waals surface area contributed by atoms with Gasteiger partial charge < -0.3 is 10.5 Å². The lowest BCUT2D eigenvalue weighted by molar-refractivity contribution is -0.0112. The molecule has 2 aliphatic rings. The highest BCUT2D eigenvalue weighted by Crippen LogP contribution is 2.43. The second-order valence-corrected chi connectivity index (χ2v) is 5.27. The van der Waals surface area contributed by atoms with Gasteiger partial charge in [-0.2, -0.15) is 0 Å². The number of nitrogens with zero attached hydrogens (tertiary/aromatic N) is 1. The van der Waals surface area contributed by atoms with E-state index < -0.39 is 0 Å². The average Bonchev–Trinajstić information content (AvgIpc) is 2.19. The fourth-order valence-corrected chi connectivity index (χ4v) is 2.71. The molecule has 1 aliphatic heterocycles. The van der Waals surface area contributed by atoms with E-state index in [4.69, 9.17) is 10.5 Å². The highest BCUT2D eigenvalue weighted by atomic mass is 16.5. The highest BCUT2D eigenvalue weighted by Gasteiger charge is 2.35. The van der Waals surface area contributed by atoms with Crippen LogP contribution >= 0.6 is 0 Å². The third-order valence-electron chi connectivity index (χ3n) is 4.28. The summed E-state index contributed by atoms with van der Waals surface area (Å²) < 4.78 is 5.44. The van der Waals surface area contributed by atoms with E-state index in [0.29, 0.717) is 11.5 Å². The fraction of sp³-hybridized carbons (Fsp3) is 1.00. The minimum Gasteiger partial charge on any atom is -0.379 e. The van der Waals surface area contributed by atoms with Gasteiger partial charge in [-0.25, -0.2) is 0 Å². The van der Waals surface area contributed by atoms with Gasteiger partial charge in [-0.1, -0.05) is 6.42 Å². The number of hydrogen-bond donors (Lipinski definition) is 1. The summed E-state index contributed by atoms with van der Waals surface area (Å²) in [5, 5.41) is 0. The monoisotopic (exact) mass is 212 g/mol. The standard InChI is InChI=1S/C12H24N2O/c1-11-9-15-8-7-14(11)6-5-12(10-13)3-2-4-12/h11H,2-10,13H2,1H3. The Hall–Kier alpha value is -0.120. The van der Waals surface area contributed by atoms with Crippen molar-refractivity contribution >= 4 is 0 Å². The average molecular weight is 212 g/mol. The van der Waals surface area contributed by atoms with Gasteiger partial charge in [0.15, 0.2) is 0 Å². The molecule has 3 nitrogen and oxygen atoms in total. The molecule has 0 aromatic rings. The molecule has 0 aromatic carbocycles. The topological polar surface area (TPSA) is 38.5 Å². The molecule has 0 bridgehead atoms. The van der Waals surface area contributed by atoms with Gasteiger partial charge in [0, 0.05) is 12.6 Å². The highest BCUT2D eigenvalue weighted by molar-refractivity contribution is 4.89. The van der Waals surface area contributed by atoms with Gasteiger partial charge in [0.05, 0.1) is 13.2 Å². The minimum absolute atomic E-state index is 0.498. The molecular formula is C12H24N2O. The van der Waals surface area contributed by atoms with Crippen LogP contribution in [0.1, 0.15) is 32.6 Å². The molecule has 1 saturated heterocycles. The van der Waals surface area contributed by atoms with Crippen LogP contribution in [0.25, 0.3) is 0 Å². The van der Waals surface area contributed by atoms with E-state index in [1.54, 1.807) is 0 Å². The van der Waals surface area contributed by atoms with Crippen LogP contribution in [0.4, 0.5) is 0 Å². The van der Waals surface area contributed by atoms with E-state index in [1.807, 2.05) is 0 Å². The van der Waals surface area contributed by atoms with Crippen LogP contribution in [-0.2, 0) is 4.74 Å². The van der Waals surface area contributed by atoms with Gasteiger partial charge in [0.25, 0.3) is 0 Å². The zero-order valence-electron chi connectivity index (χ0n) is 9.87. The normalized spacial score (nSPS) is 31.2. The summed E-state index contributed by atoms with van der Waals surface area (Å²) in [7, 11) is 0. The first kappa shape index (κ1) is 11.4. The first-order chi connectivity index (χ1) is 7.26. The molecule has 1 unspecified atom stereocenters. The molecule has 0 radical (unpaired) electrons. The van der Waals surface area contributed by atoms with Crippen LogP contribution in [0, 0.1) is 5.41 Å². The zero-order valence-corrected chi connectivity index (χ0v) is 9.87. The molecule has 2 fully saturated rings. The van der Waals surface area contributed by atoms with Crippen molar-refractivity contribution in [3.63, 3.8) is 0 Å². The summed E-state index contributed by atoms with van der Waals surface area (Å²) in [4.78, 5) is 2.55. The summed E-state index contributed by atoms with van der Waals surface area (Å²) in [6.45, 7) is 7.25. The molecule has 0 aromatic heterocycles. The van der Waals surface area contributed by atoms with Crippen molar-refractivity contribution in [1.29, 1.82) is 0 Å². The van der Waals surface area contributed by atoms with Gasteiger partial charge in [0.1, 0.15) is 0 Å². The zero-order chi connectivity index (χ0) is 10.7. The Morgan fingerprint density at radius 1 is 1.47 bits per heavy atom. The summed E-state index contributed by atoms with van der Waals surface area (Å²) in [6, 6.07) is 0.591. The molecule has 1 aliphatic carbocycles. The lowest BCUT2D eigenvalue weighted by Gasteiger charge is -2.43. The van der Waals surface area contributed by atoms with Crippen molar-refractivity contribution in [2.45, 2.75) is 38.6 Å². The summed E-state index contributed by atoms with van der Waals surface area (Å²) in [6.07, 6.45) is 5.37. The van der Waals surface area contributed by atoms with Crippen molar-refractivity contribution in [2.24, 2.45) is 11.1 Å². The first-order valence-electron chi connectivity index (χ1n) is 6.28. The molecule has 88 valence electrons. The van der Waals surface area contributed by atoms with Gasteiger partial charge in [-0.3, -0.25) is 4.90 Å². The quantitative estimate of drug-likeness (QED) is 0.761. The number of hydrogen-bond acceptors (Lipinski definition) is 3. The smallest absolute Gasteiger partial charge is 0.0619 e. The Morgan fingerprint density at radius 3 is 2.80 bits per heavy atom. The van der Waals surface area contributed by atoms with Gasteiger partial charge >= 0.3 is 0 Å². The van der Waals surface area contributed by atoms with E-state index in [0.717, 1.165) is 26.3 Å². The Kier molecular flexibility index (Phi) is 3.65. The largest absolute Gasteiger partial charge is 0.379 e. The molecule has 2 rings (SSSR count). The van der Waals surface area contributed by atoms with E-state index in [9.17, 15) is 0 Å². The van der Waals surface area contributed by atoms with E-state index in [-0.39, 0.29) is 0 Å². The maximum Gasteiger partial charge on any atom is 0.0619 e. The van der Waals surface area contributed by atoms with Gasteiger partial charge in [0.2, 0.25) is 0 Å². The summed E-state index contributed by atoms with van der Waals surface area (Å²) >= 11 is 0. The molecular weight excluding hydrogens is 188 g/mol. The predicted octanol–water partition coefficient (Wildman–Crippen LogP) is 1.23. The molecule has 2 N–H and O–H groups in total. The van der Waals surface area contributed by atoms with Crippen molar-refractivity contribution in [2.75, 3.05) is 32.8 Å². The van der Waals surface area contributed by atoms with Crippen LogP contribution < -0.4 is 5.73 Å². The van der Waals surface area contributed by atoms with E-state index in [2.05, 4.69) is 11.8 Å². The maximum atomic E-state index is 5.88. The molecule has 1 heterocycles. The molecule has 1 atom stereocenters. The number of ether oxygens (including phenoxy) is 1. The molecule has 3 heteroatoms. The lowest BCUT2D eigenvalue weighted by atomic mass is 9.66. The van der Waals surface area contributed by atoms with Crippen molar-refractivity contribution in [3.8, 4) is 0 Å². The molecule has 15 heavy (non-hydrogen) atoms. The Balaban J connectivity index is 1.76. The summed E-state index contributed by atoms with van der Waals surface area (Å²) in [5.74, 6) is 0. The third-order valence-corrected chi connectivity index (χ3v) is 4.28. The molecule has 0 spiro atoms. The Labute approximate surface area is 93.0 Å². The Bertz CT molecular complexity index is 198. The third kappa shape index (κ3) is 2.52. The number of nitrogens with two attached hydrogens (primary N) is 1. The SMILES string of the molecule is CC1COCCN1CCC1(CN)CCC1. The second kappa shape index (κ2) is 4.81. The van der Waals surface area contributed by atoms with Crippen LogP contribution in [0.5, 0.6) is 0 Å². The van der Waals surface area contributed by atoms with Crippen molar-refractivity contribution in [1.82, 2.24) is 4.90 Å². The van der Waals surface area contributed by atoms with Crippen LogP contribution in [0.2, 0.25) is 0 Å². The maximum absolute atomic E-state index is 5.88. The fourth-order valence-electron chi connectivity index (χ4n) is 2.71. The predicted molar refractivity (Wildman–Crippen MR) is 61.8 cm³/mol.